The number of ether oxygens (including phenoxy) is 3. The van der Waals surface area contributed by atoms with Crippen LogP contribution < -0.4 is 0 Å². The Hall–Kier alpha value is -1.88. The summed E-state index contributed by atoms with van der Waals surface area (Å²) < 4.78 is 17.6. The summed E-state index contributed by atoms with van der Waals surface area (Å²) in [5.74, 6) is 0.150. The van der Waals surface area contributed by atoms with Crippen LogP contribution in [-0.4, -0.2) is 36.9 Å². The monoisotopic (exact) mass is 414 g/mol. The molecular formula is C25H34O5. The predicted molar refractivity (Wildman–Crippen MR) is 113 cm³/mol. The fraction of sp³-hybridized carbons (Fsp3) is 0.680. The molecular weight excluding hydrogens is 380 g/mol. The molecule has 1 aromatic carbocycles. The van der Waals surface area contributed by atoms with Gasteiger partial charge in [0.15, 0.2) is 0 Å². The number of benzene rings is 1. The van der Waals surface area contributed by atoms with E-state index in [0.29, 0.717) is 17.9 Å². The molecule has 164 valence electrons. The molecule has 0 heterocycles. The van der Waals surface area contributed by atoms with E-state index in [9.17, 15) is 9.59 Å². The maximum atomic E-state index is 12.7. The normalized spacial score (nSPS) is 36.2. The van der Waals surface area contributed by atoms with E-state index in [2.05, 4.69) is 13.8 Å². The molecule has 4 fully saturated rings. The molecule has 4 saturated carbocycles. The van der Waals surface area contributed by atoms with Crippen LogP contribution in [0.4, 0.5) is 0 Å². The van der Waals surface area contributed by atoms with E-state index < -0.39 is 5.41 Å². The van der Waals surface area contributed by atoms with Crippen LogP contribution in [0.3, 0.4) is 0 Å². The zero-order chi connectivity index (χ0) is 21.6. The number of carbonyl (C=O) groups is 2. The second-order valence-corrected chi connectivity index (χ2v) is 10.5. The van der Waals surface area contributed by atoms with Crippen LogP contribution in [0, 0.1) is 16.7 Å². The van der Waals surface area contributed by atoms with Crippen LogP contribution >= 0.6 is 0 Å². The Labute approximate surface area is 179 Å². The van der Waals surface area contributed by atoms with Crippen molar-refractivity contribution >= 4 is 11.9 Å². The number of rotatable bonds is 7. The largest absolute Gasteiger partial charge is 0.469 e. The molecule has 5 nitrogen and oxygen atoms in total. The summed E-state index contributed by atoms with van der Waals surface area (Å²) in [5, 5.41) is 0. The lowest BCUT2D eigenvalue weighted by Crippen LogP contribution is -2.63. The maximum Gasteiger partial charge on any atom is 0.338 e. The second kappa shape index (κ2) is 7.67. The van der Waals surface area contributed by atoms with E-state index in [1.807, 2.05) is 25.1 Å². The van der Waals surface area contributed by atoms with Crippen molar-refractivity contribution in [3.63, 3.8) is 0 Å². The fourth-order valence-corrected chi connectivity index (χ4v) is 7.22. The summed E-state index contributed by atoms with van der Waals surface area (Å²) in [6.45, 7) is 6.28. The van der Waals surface area contributed by atoms with Crippen molar-refractivity contribution in [2.45, 2.75) is 83.5 Å². The molecule has 6 atom stereocenters. The zero-order valence-corrected chi connectivity index (χ0v) is 18.6. The Kier molecular flexibility index (Phi) is 5.46. The van der Waals surface area contributed by atoms with Gasteiger partial charge in [-0.3, -0.25) is 4.79 Å². The van der Waals surface area contributed by atoms with Gasteiger partial charge in [-0.1, -0.05) is 25.1 Å². The number of carbonyl (C=O) groups excluding carboxylic acids is 2. The first-order chi connectivity index (χ1) is 14.2. The van der Waals surface area contributed by atoms with E-state index >= 15 is 0 Å². The average Bonchev–Trinajstić information content (AvgIpc) is 2.65. The summed E-state index contributed by atoms with van der Waals surface area (Å²) >= 11 is 0. The molecule has 0 radical (unpaired) electrons. The molecule has 30 heavy (non-hydrogen) atoms. The molecule has 0 amide bonds. The van der Waals surface area contributed by atoms with E-state index in [4.69, 9.17) is 14.2 Å². The van der Waals surface area contributed by atoms with Gasteiger partial charge in [0, 0.05) is 6.42 Å². The molecule has 0 saturated heterocycles. The predicted octanol–water partition coefficient (Wildman–Crippen LogP) is 4.93. The number of hydrogen-bond donors (Lipinski definition) is 0. The van der Waals surface area contributed by atoms with Gasteiger partial charge in [0.2, 0.25) is 0 Å². The SMILES string of the molecule is COC(=O)C12CC3CC(C)(CC(O[C@@H](C)C[C@H](C)OC(=O)c4ccccc4)(C3)C1)C2. The van der Waals surface area contributed by atoms with Gasteiger partial charge in [-0.05, 0) is 75.8 Å². The highest BCUT2D eigenvalue weighted by molar-refractivity contribution is 5.89. The Morgan fingerprint density at radius 3 is 2.43 bits per heavy atom. The van der Waals surface area contributed by atoms with Gasteiger partial charge in [-0.2, -0.15) is 0 Å². The van der Waals surface area contributed by atoms with Crippen LogP contribution in [0.5, 0.6) is 0 Å². The smallest absolute Gasteiger partial charge is 0.338 e. The molecule has 5 heteroatoms. The summed E-state index contributed by atoms with van der Waals surface area (Å²) in [6.07, 6.45) is 6.12. The van der Waals surface area contributed by atoms with Crippen molar-refractivity contribution in [3.05, 3.63) is 35.9 Å². The van der Waals surface area contributed by atoms with Gasteiger partial charge >= 0.3 is 11.9 Å². The first kappa shape index (κ1) is 21.4. The molecule has 4 bridgehead atoms. The summed E-state index contributed by atoms with van der Waals surface area (Å²) in [5.41, 5.74) is 0.0319. The molecule has 0 aliphatic heterocycles. The van der Waals surface area contributed by atoms with Crippen LogP contribution in [0.2, 0.25) is 0 Å². The summed E-state index contributed by atoms with van der Waals surface area (Å²) in [6, 6.07) is 9.06. The third-order valence-electron chi connectivity index (χ3n) is 7.35. The Morgan fingerprint density at radius 1 is 1.03 bits per heavy atom. The number of hydrogen-bond acceptors (Lipinski definition) is 5. The maximum absolute atomic E-state index is 12.7. The van der Waals surface area contributed by atoms with Crippen molar-refractivity contribution in [2.24, 2.45) is 16.7 Å². The number of methoxy groups -OCH3 is 1. The van der Waals surface area contributed by atoms with E-state index in [-0.39, 0.29) is 35.2 Å². The minimum absolute atomic E-state index is 0.0573. The van der Waals surface area contributed by atoms with E-state index in [1.54, 1.807) is 12.1 Å². The van der Waals surface area contributed by atoms with E-state index in [1.165, 1.54) is 13.5 Å². The molecule has 0 spiro atoms. The molecule has 0 aromatic heterocycles. The lowest BCUT2D eigenvalue weighted by Gasteiger charge is -2.64. The van der Waals surface area contributed by atoms with Gasteiger partial charge in [0.05, 0.1) is 29.8 Å². The average molecular weight is 415 g/mol. The van der Waals surface area contributed by atoms with Crippen LogP contribution in [0.1, 0.15) is 76.1 Å². The van der Waals surface area contributed by atoms with Crippen molar-refractivity contribution < 1.29 is 23.8 Å². The van der Waals surface area contributed by atoms with E-state index in [0.717, 1.165) is 32.1 Å². The first-order valence-corrected chi connectivity index (χ1v) is 11.2. The Morgan fingerprint density at radius 2 is 1.77 bits per heavy atom. The van der Waals surface area contributed by atoms with Crippen molar-refractivity contribution in [1.29, 1.82) is 0 Å². The lowest BCUT2D eigenvalue weighted by atomic mass is 9.43. The Bertz CT molecular complexity index is 807. The zero-order valence-electron chi connectivity index (χ0n) is 18.6. The Balaban J connectivity index is 1.41. The second-order valence-electron chi connectivity index (χ2n) is 10.5. The molecule has 0 N–H and O–H groups in total. The molecule has 5 rings (SSSR count). The fourth-order valence-electron chi connectivity index (χ4n) is 7.22. The number of esters is 2. The highest BCUT2D eigenvalue weighted by Gasteiger charge is 2.65. The van der Waals surface area contributed by atoms with Gasteiger partial charge < -0.3 is 14.2 Å². The van der Waals surface area contributed by atoms with Gasteiger partial charge in [-0.15, -0.1) is 0 Å². The van der Waals surface area contributed by atoms with Crippen molar-refractivity contribution in [3.8, 4) is 0 Å². The van der Waals surface area contributed by atoms with Gasteiger partial charge in [-0.25, -0.2) is 4.79 Å². The quantitative estimate of drug-likeness (QED) is 0.592. The molecule has 4 unspecified atom stereocenters. The van der Waals surface area contributed by atoms with Gasteiger partial charge in [0.1, 0.15) is 6.10 Å². The highest BCUT2D eigenvalue weighted by Crippen LogP contribution is 2.68. The third-order valence-corrected chi connectivity index (χ3v) is 7.35. The molecule has 4 aliphatic rings. The molecule has 1 aromatic rings. The van der Waals surface area contributed by atoms with Gasteiger partial charge in [0.25, 0.3) is 0 Å². The van der Waals surface area contributed by atoms with Crippen LogP contribution in [-0.2, 0) is 19.0 Å². The van der Waals surface area contributed by atoms with Crippen LogP contribution in [0.25, 0.3) is 0 Å². The minimum Gasteiger partial charge on any atom is -0.469 e. The topological polar surface area (TPSA) is 61.8 Å². The van der Waals surface area contributed by atoms with Crippen molar-refractivity contribution in [2.75, 3.05) is 7.11 Å². The highest BCUT2D eigenvalue weighted by atomic mass is 16.5. The minimum atomic E-state index is -0.395. The summed E-state index contributed by atoms with van der Waals surface area (Å²) in [4.78, 5) is 25.1. The third kappa shape index (κ3) is 4.01. The lowest BCUT2D eigenvalue weighted by molar-refractivity contribution is -0.240. The van der Waals surface area contributed by atoms with Crippen LogP contribution in [0.15, 0.2) is 30.3 Å². The standard InChI is InChI=1S/C25H34O5/c1-17(29-21(26)20-8-6-5-7-9-20)10-18(2)30-25-13-19-11-23(3,15-25)14-24(12-19,16-25)22(27)28-4/h5-9,17-19H,10-16H2,1-4H3/t17-,18-,19?,23?,24?,25?/m0/s1. The van der Waals surface area contributed by atoms with Crippen molar-refractivity contribution in [1.82, 2.24) is 0 Å². The molecule has 4 aliphatic carbocycles. The summed E-state index contributed by atoms with van der Waals surface area (Å²) in [7, 11) is 1.50. The first-order valence-electron chi connectivity index (χ1n) is 11.2.